The van der Waals surface area contributed by atoms with Gasteiger partial charge in [0.1, 0.15) is 17.0 Å². The number of carboxylic acids is 1. The normalized spacial score (nSPS) is 14.8. The van der Waals surface area contributed by atoms with Gasteiger partial charge in [-0.25, -0.2) is 24.7 Å². The molecule has 5 rings (SSSR count). The quantitative estimate of drug-likeness (QED) is 0.319. The molecular weight excluding hydrogens is 501 g/mol. The first kappa shape index (κ1) is 25.4. The summed E-state index contributed by atoms with van der Waals surface area (Å²) in [4.78, 5) is 29.3. The van der Waals surface area contributed by atoms with Gasteiger partial charge in [-0.05, 0) is 55.5 Å². The number of fused-ring (bicyclic) bond motifs is 1. The zero-order chi connectivity index (χ0) is 27.0. The molecule has 198 valence electrons. The lowest BCUT2D eigenvalue weighted by atomic mass is 9.80. The highest BCUT2D eigenvalue weighted by molar-refractivity contribution is 5.92. The highest BCUT2D eigenvalue weighted by atomic mass is 19.4. The van der Waals surface area contributed by atoms with E-state index in [9.17, 15) is 23.1 Å². The number of aromatic carboxylic acids is 1. The van der Waals surface area contributed by atoms with Gasteiger partial charge in [0.05, 0.1) is 18.9 Å². The Hall–Kier alpha value is -4.22. The molecule has 4 aromatic rings. The number of pyridine rings is 1. The van der Waals surface area contributed by atoms with Gasteiger partial charge in [0.15, 0.2) is 17.3 Å². The van der Waals surface area contributed by atoms with Gasteiger partial charge in [0, 0.05) is 12.6 Å². The number of aromatic nitrogens is 5. The van der Waals surface area contributed by atoms with Crippen molar-refractivity contribution in [3.8, 4) is 17.3 Å². The molecule has 1 aliphatic carbocycles. The molecule has 1 aromatic carbocycles. The summed E-state index contributed by atoms with van der Waals surface area (Å²) in [6, 6.07) is 8.26. The molecule has 38 heavy (non-hydrogen) atoms. The van der Waals surface area contributed by atoms with Crippen LogP contribution in [0.2, 0.25) is 0 Å². The minimum atomic E-state index is -4.45. The number of carboxylic acid groups (broad SMARTS) is 1. The number of anilines is 1. The van der Waals surface area contributed by atoms with Gasteiger partial charge in [-0.15, -0.1) is 0 Å². The molecule has 2 N–H and O–H groups in total. The molecule has 1 unspecified atom stereocenters. The molecule has 0 bridgehead atoms. The second-order valence-corrected chi connectivity index (χ2v) is 9.30. The van der Waals surface area contributed by atoms with Gasteiger partial charge in [0.25, 0.3) is 0 Å². The van der Waals surface area contributed by atoms with E-state index in [1.165, 1.54) is 25.4 Å². The zero-order valence-electron chi connectivity index (χ0n) is 20.7. The van der Waals surface area contributed by atoms with Gasteiger partial charge in [-0.1, -0.05) is 18.6 Å². The van der Waals surface area contributed by atoms with E-state index in [0.29, 0.717) is 40.1 Å². The molecule has 0 radical (unpaired) electrons. The molecule has 9 nitrogen and oxygen atoms in total. The minimum Gasteiger partial charge on any atom is -0.495 e. The van der Waals surface area contributed by atoms with Gasteiger partial charge < -0.3 is 19.7 Å². The lowest BCUT2D eigenvalue weighted by Crippen LogP contribution is -2.31. The number of alkyl halides is 3. The molecular formula is C26H25F3N6O3. The lowest BCUT2D eigenvalue weighted by molar-refractivity contribution is -0.137. The summed E-state index contributed by atoms with van der Waals surface area (Å²) >= 11 is 0. The average molecular weight is 527 g/mol. The van der Waals surface area contributed by atoms with Crippen LogP contribution in [-0.4, -0.2) is 48.7 Å². The summed E-state index contributed by atoms with van der Waals surface area (Å²) in [5.41, 5.74) is 0.853. The largest absolute Gasteiger partial charge is 0.495 e. The molecule has 1 atom stereocenters. The first-order valence-electron chi connectivity index (χ1n) is 12.1. The summed E-state index contributed by atoms with van der Waals surface area (Å²) in [6.45, 7) is 2.14. The molecule has 3 aromatic heterocycles. The second kappa shape index (κ2) is 9.92. The minimum absolute atomic E-state index is 0.0143. The maximum absolute atomic E-state index is 13.1. The summed E-state index contributed by atoms with van der Waals surface area (Å²) in [7, 11) is 1.51. The van der Waals surface area contributed by atoms with Crippen molar-refractivity contribution in [2.75, 3.05) is 12.4 Å². The smallest absolute Gasteiger partial charge is 0.416 e. The van der Waals surface area contributed by atoms with Crippen LogP contribution in [0.5, 0.6) is 5.75 Å². The fraction of sp³-hybridized carbons (Fsp3) is 0.346. The average Bonchev–Trinajstić information content (AvgIpc) is 3.21. The van der Waals surface area contributed by atoms with E-state index in [1.54, 1.807) is 16.7 Å². The fourth-order valence-corrected chi connectivity index (χ4v) is 4.47. The summed E-state index contributed by atoms with van der Waals surface area (Å²) in [5.74, 6) is -0.0994. The van der Waals surface area contributed by atoms with Crippen LogP contribution in [0.4, 0.5) is 19.0 Å². The van der Waals surface area contributed by atoms with Crippen molar-refractivity contribution in [1.82, 2.24) is 24.5 Å². The Morgan fingerprint density at radius 2 is 1.89 bits per heavy atom. The van der Waals surface area contributed by atoms with Crippen LogP contribution in [0.15, 0.2) is 42.6 Å². The standard InChI is InChI=1S/C26H25F3N6O3/c1-14(16-4-3-5-16)31-21-20-22(33-23(32-21)25(36)37)34-24(19-11-10-18(38-2)12-30-19)35(20)13-15-6-8-17(9-7-15)26(27,28)29/h6-12,14,16H,3-5,13H2,1-2H3,(H,36,37)(H,31,32,33). The van der Waals surface area contributed by atoms with E-state index >= 15 is 0 Å². The number of imidazole rings is 1. The maximum Gasteiger partial charge on any atom is 0.416 e. The van der Waals surface area contributed by atoms with Gasteiger partial charge >= 0.3 is 12.1 Å². The SMILES string of the molecule is COc1ccc(-c2nc3nc(C(=O)O)nc(NC(C)C4CCC4)c3n2Cc2ccc(C(F)(F)F)cc2)nc1. The number of carbonyl (C=O) groups is 1. The van der Waals surface area contributed by atoms with Crippen molar-refractivity contribution >= 4 is 23.0 Å². The molecule has 0 amide bonds. The van der Waals surface area contributed by atoms with Crippen molar-refractivity contribution in [3.63, 3.8) is 0 Å². The van der Waals surface area contributed by atoms with Crippen LogP contribution in [0.3, 0.4) is 0 Å². The Morgan fingerprint density at radius 3 is 2.45 bits per heavy atom. The molecule has 0 aliphatic heterocycles. The van der Waals surface area contributed by atoms with Crippen molar-refractivity contribution in [1.29, 1.82) is 0 Å². The van der Waals surface area contributed by atoms with Crippen LogP contribution in [0.25, 0.3) is 22.7 Å². The second-order valence-electron chi connectivity index (χ2n) is 9.30. The Kier molecular flexibility index (Phi) is 6.64. The molecule has 1 saturated carbocycles. The number of methoxy groups -OCH3 is 1. The van der Waals surface area contributed by atoms with Gasteiger partial charge in [-0.2, -0.15) is 13.2 Å². The predicted octanol–water partition coefficient (Wildman–Crippen LogP) is 5.26. The third-order valence-corrected chi connectivity index (χ3v) is 6.84. The molecule has 0 spiro atoms. The molecule has 1 fully saturated rings. The number of rotatable bonds is 8. The number of halogens is 3. The molecule has 1 aliphatic rings. The Bertz CT molecular complexity index is 1470. The van der Waals surface area contributed by atoms with Crippen molar-refractivity contribution < 1.29 is 27.8 Å². The number of benzene rings is 1. The number of hydrogen-bond acceptors (Lipinski definition) is 7. The van der Waals surface area contributed by atoms with Crippen LogP contribution in [-0.2, 0) is 12.7 Å². The monoisotopic (exact) mass is 526 g/mol. The summed E-state index contributed by atoms with van der Waals surface area (Å²) in [6.07, 6.45) is 0.312. The fourth-order valence-electron chi connectivity index (χ4n) is 4.47. The summed E-state index contributed by atoms with van der Waals surface area (Å²) in [5, 5.41) is 13.0. The Morgan fingerprint density at radius 1 is 1.16 bits per heavy atom. The highest BCUT2D eigenvalue weighted by Crippen LogP contribution is 2.34. The summed E-state index contributed by atoms with van der Waals surface area (Å²) < 4.78 is 46.3. The van der Waals surface area contributed by atoms with Crippen molar-refractivity contribution in [2.24, 2.45) is 5.92 Å². The van der Waals surface area contributed by atoms with E-state index in [0.717, 1.165) is 31.4 Å². The highest BCUT2D eigenvalue weighted by Gasteiger charge is 2.30. The topological polar surface area (TPSA) is 115 Å². The number of ether oxygens (including phenoxy) is 1. The lowest BCUT2D eigenvalue weighted by Gasteiger charge is -2.32. The Balaban J connectivity index is 1.67. The van der Waals surface area contributed by atoms with Crippen LogP contribution in [0.1, 0.15) is 47.9 Å². The number of nitrogens with one attached hydrogen (secondary N) is 1. The van der Waals surface area contributed by atoms with E-state index in [1.807, 2.05) is 6.92 Å². The van der Waals surface area contributed by atoms with Gasteiger partial charge in [0.2, 0.25) is 5.82 Å². The third-order valence-electron chi connectivity index (χ3n) is 6.84. The van der Waals surface area contributed by atoms with E-state index in [-0.39, 0.29) is 18.2 Å². The molecule has 12 heteroatoms. The first-order valence-corrected chi connectivity index (χ1v) is 12.1. The van der Waals surface area contributed by atoms with E-state index in [4.69, 9.17) is 4.74 Å². The van der Waals surface area contributed by atoms with Crippen LogP contribution in [0, 0.1) is 5.92 Å². The molecule has 3 heterocycles. The van der Waals surface area contributed by atoms with Crippen molar-refractivity contribution in [3.05, 3.63) is 59.5 Å². The number of hydrogen-bond donors (Lipinski definition) is 2. The van der Waals surface area contributed by atoms with Crippen LogP contribution < -0.4 is 10.1 Å². The van der Waals surface area contributed by atoms with E-state index in [2.05, 4.69) is 25.3 Å². The Labute approximate surface area is 215 Å². The maximum atomic E-state index is 13.1. The van der Waals surface area contributed by atoms with E-state index < -0.39 is 23.5 Å². The third kappa shape index (κ3) is 4.98. The van der Waals surface area contributed by atoms with Crippen molar-refractivity contribution in [2.45, 2.75) is 44.9 Å². The van der Waals surface area contributed by atoms with Crippen LogP contribution >= 0.6 is 0 Å². The first-order chi connectivity index (χ1) is 18.1. The molecule has 0 saturated heterocycles. The van der Waals surface area contributed by atoms with Gasteiger partial charge in [-0.3, -0.25) is 0 Å². The number of nitrogens with zero attached hydrogens (tertiary/aromatic N) is 5. The predicted molar refractivity (Wildman–Crippen MR) is 133 cm³/mol. The zero-order valence-corrected chi connectivity index (χ0v) is 20.7.